The number of fused-ring (bicyclic) bond motifs is 1. The van der Waals surface area contributed by atoms with Crippen LogP contribution in [0.5, 0.6) is 0 Å². The molecule has 0 unspecified atom stereocenters. The molecule has 0 bridgehead atoms. The highest BCUT2D eigenvalue weighted by molar-refractivity contribution is 8.21. The van der Waals surface area contributed by atoms with Gasteiger partial charge < -0.3 is 0 Å². The lowest BCUT2D eigenvalue weighted by atomic mass is 10.2. The summed E-state index contributed by atoms with van der Waals surface area (Å²) in [7, 11) is 8.71. The van der Waals surface area contributed by atoms with E-state index < -0.39 is 0 Å². The molecule has 68 valence electrons. The molecular weight excluding hydrogens is 227 g/mol. The zero-order valence-electron chi connectivity index (χ0n) is 6.79. The molecule has 2 rings (SSSR count). The first kappa shape index (κ1) is 9.19. The third-order valence-corrected chi connectivity index (χ3v) is 3.11. The molecule has 1 aromatic heterocycles. The van der Waals surface area contributed by atoms with Gasteiger partial charge in [0.1, 0.15) is 5.52 Å². The lowest BCUT2D eigenvalue weighted by molar-refractivity contribution is 0.777. The van der Waals surface area contributed by atoms with Gasteiger partial charge in [0.2, 0.25) is 0 Å². The maximum atomic E-state index is 5.99. The summed E-state index contributed by atoms with van der Waals surface area (Å²) in [5.41, 5.74) is 0.856. The van der Waals surface area contributed by atoms with Crippen molar-refractivity contribution in [3.63, 3.8) is 0 Å². The molecule has 5 heteroatoms. The second-order valence-electron chi connectivity index (χ2n) is 2.69. The predicted molar refractivity (Wildman–Crippen MR) is 57.4 cm³/mol. The summed E-state index contributed by atoms with van der Waals surface area (Å²) in [6.07, 6.45) is 1.88. The van der Waals surface area contributed by atoms with Gasteiger partial charge in [-0.25, -0.2) is 0 Å². The Bertz CT molecular complexity index is 453. The van der Waals surface area contributed by atoms with Crippen molar-refractivity contribution in [3.8, 4) is 0 Å². The predicted octanol–water partition coefficient (Wildman–Crippen LogP) is 3.47. The molecule has 0 radical (unpaired) electrons. The lowest BCUT2D eigenvalue weighted by Crippen LogP contribution is -1.85. The van der Waals surface area contributed by atoms with Gasteiger partial charge in [0.15, 0.2) is 0 Å². The van der Waals surface area contributed by atoms with E-state index in [2.05, 4.69) is 5.10 Å². The lowest BCUT2D eigenvalue weighted by Gasteiger charge is -1.96. The molecule has 1 heterocycles. The molecule has 0 N–H and O–H groups in total. The smallest absolute Gasteiger partial charge is 0.109 e. The van der Waals surface area contributed by atoms with Gasteiger partial charge in [-0.05, 0) is 33.8 Å². The Balaban J connectivity index is 2.83. The fourth-order valence-corrected chi connectivity index (χ4v) is 2.14. The zero-order chi connectivity index (χ0) is 9.42. The van der Waals surface area contributed by atoms with E-state index in [1.165, 1.54) is 0 Å². The van der Waals surface area contributed by atoms with Gasteiger partial charge in [0, 0.05) is 18.6 Å². The van der Waals surface area contributed by atoms with Gasteiger partial charge in [-0.1, -0.05) is 11.6 Å². The second-order valence-corrected chi connectivity index (χ2v) is 4.15. The Hall–Kier alpha value is -0.380. The van der Waals surface area contributed by atoms with Crippen LogP contribution in [0.1, 0.15) is 0 Å². The first-order valence-corrected chi connectivity index (χ1v) is 5.65. The third-order valence-electron chi connectivity index (χ3n) is 1.78. The van der Waals surface area contributed by atoms with E-state index in [1.807, 2.05) is 25.4 Å². The van der Waals surface area contributed by atoms with Crippen LogP contribution >= 0.6 is 33.3 Å². The van der Waals surface area contributed by atoms with Crippen molar-refractivity contribution in [2.75, 3.05) is 0 Å². The Morgan fingerprint density at radius 2 is 2.23 bits per heavy atom. The minimum absolute atomic E-state index is 0.706. The van der Waals surface area contributed by atoms with Crippen LogP contribution in [-0.2, 0) is 7.05 Å². The summed E-state index contributed by atoms with van der Waals surface area (Å²) in [6.45, 7) is 0. The maximum absolute atomic E-state index is 5.99. The molecule has 0 saturated heterocycles. The highest BCUT2D eigenvalue weighted by atomic mass is 35.7. The van der Waals surface area contributed by atoms with E-state index in [1.54, 1.807) is 4.68 Å². The molecule has 1 aromatic carbocycles. The Labute approximate surface area is 89.3 Å². The molecule has 0 saturated carbocycles. The van der Waals surface area contributed by atoms with Crippen LogP contribution in [0, 0.1) is 0 Å². The fraction of sp³-hybridized carbons (Fsp3) is 0.125. The summed E-state index contributed by atoms with van der Waals surface area (Å²) in [6, 6.07) is 3.70. The van der Waals surface area contributed by atoms with E-state index in [-0.39, 0.29) is 0 Å². The fourth-order valence-electron chi connectivity index (χ4n) is 1.23. The summed E-state index contributed by atoms with van der Waals surface area (Å²) in [5, 5.41) is 5.92. The minimum Gasteiger partial charge on any atom is -0.275 e. The molecule has 0 aliphatic rings. The van der Waals surface area contributed by atoms with Crippen molar-refractivity contribution < 1.29 is 0 Å². The molecule has 2 nitrogen and oxygen atoms in total. The van der Waals surface area contributed by atoms with Crippen molar-refractivity contribution >= 4 is 44.2 Å². The van der Waals surface area contributed by atoms with E-state index in [0.717, 1.165) is 26.8 Å². The van der Waals surface area contributed by atoms with Gasteiger partial charge in [-0.3, -0.25) is 4.68 Å². The van der Waals surface area contributed by atoms with E-state index in [0.29, 0.717) is 5.02 Å². The molecule has 0 atom stereocenters. The van der Waals surface area contributed by atoms with Crippen LogP contribution in [0.2, 0.25) is 5.02 Å². The number of hydrogen-bond acceptors (Lipinski definition) is 2. The summed E-state index contributed by atoms with van der Waals surface area (Å²) in [4.78, 5) is 0.932. The van der Waals surface area contributed by atoms with Crippen LogP contribution in [0.3, 0.4) is 0 Å². The van der Waals surface area contributed by atoms with Crippen molar-refractivity contribution in [1.29, 1.82) is 0 Å². The highest BCUT2D eigenvalue weighted by Gasteiger charge is 2.07. The van der Waals surface area contributed by atoms with Crippen LogP contribution in [0.4, 0.5) is 0 Å². The zero-order valence-corrected chi connectivity index (χ0v) is 9.12. The van der Waals surface area contributed by atoms with Crippen LogP contribution < -0.4 is 0 Å². The Morgan fingerprint density at radius 1 is 1.46 bits per heavy atom. The van der Waals surface area contributed by atoms with E-state index >= 15 is 0 Å². The number of halogens is 2. The van der Waals surface area contributed by atoms with Crippen molar-refractivity contribution in [2.24, 2.45) is 7.05 Å². The topological polar surface area (TPSA) is 17.8 Å². The summed E-state index contributed by atoms with van der Waals surface area (Å²) >= 11 is 5.99. The molecular formula is C8H6Cl2N2S. The molecule has 0 amide bonds. The molecule has 0 fully saturated rings. The molecule has 0 aliphatic carbocycles. The first-order valence-electron chi connectivity index (χ1n) is 3.63. The maximum Gasteiger partial charge on any atom is 0.109 e. The molecule has 13 heavy (non-hydrogen) atoms. The Morgan fingerprint density at radius 3 is 2.92 bits per heavy atom. The number of aromatic nitrogens is 2. The SMILES string of the molecule is Cn1cc2c(Cl)ccc(SCl)c2n1. The van der Waals surface area contributed by atoms with Gasteiger partial charge in [0.05, 0.1) is 9.92 Å². The number of rotatable bonds is 1. The standard InChI is InChI=1S/C8H6Cl2N2S/c1-12-4-5-6(9)2-3-7(13-10)8(5)11-12/h2-4H,1H3. The molecule has 0 aliphatic heterocycles. The van der Waals surface area contributed by atoms with Gasteiger partial charge >= 0.3 is 0 Å². The number of nitrogens with zero attached hydrogens (tertiary/aromatic N) is 2. The largest absolute Gasteiger partial charge is 0.275 e. The van der Waals surface area contributed by atoms with Crippen molar-refractivity contribution in [2.45, 2.75) is 4.90 Å². The van der Waals surface area contributed by atoms with E-state index in [4.69, 9.17) is 22.3 Å². The average molecular weight is 233 g/mol. The van der Waals surface area contributed by atoms with E-state index in [9.17, 15) is 0 Å². The van der Waals surface area contributed by atoms with Crippen molar-refractivity contribution in [1.82, 2.24) is 9.78 Å². The average Bonchev–Trinajstić information content (AvgIpc) is 2.48. The minimum atomic E-state index is 0.706. The van der Waals surface area contributed by atoms with Crippen molar-refractivity contribution in [3.05, 3.63) is 23.4 Å². The highest BCUT2D eigenvalue weighted by Crippen LogP contribution is 2.32. The van der Waals surface area contributed by atoms with Gasteiger partial charge in [-0.15, -0.1) is 0 Å². The summed E-state index contributed by atoms with van der Waals surface area (Å²) < 4.78 is 1.73. The molecule has 2 aromatic rings. The quantitative estimate of drug-likeness (QED) is 0.750. The van der Waals surface area contributed by atoms with Gasteiger partial charge in [0.25, 0.3) is 0 Å². The number of benzene rings is 1. The Kier molecular flexibility index (Phi) is 2.41. The normalized spacial score (nSPS) is 11.0. The van der Waals surface area contributed by atoms with Crippen LogP contribution in [0.25, 0.3) is 10.9 Å². The van der Waals surface area contributed by atoms with Gasteiger partial charge in [-0.2, -0.15) is 5.10 Å². The monoisotopic (exact) mass is 232 g/mol. The number of hydrogen-bond donors (Lipinski definition) is 0. The summed E-state index contributed by atoms with van der Waals surface area (Å²) in [5.74, 6) is 0. The van der Waals surface area contributed by atoms with Crippen LogP contribution in [0.15, 0.2) is 23.2 Å². The second kappa shape index (κ2) is 3.40. The van der Waals surface area contributed by atoms with Crippen LogP contribution in [-0.4, -0.2) is 9.78 Å². The molecule has 0 spiro atoms. The first-order chi connectivity index (χ1) is 6.22. The third kappa shape index (κ3) is 1.52. The number of aryl methyl sites for hydroxylation is 1.